The Bertz CT molecular complexity index is 1260. The van der Waals surface area contributed by atoms with Gasteiger partial charge in [-0.25, -0.2) is 4.79 Å². The first-order chi connectivity index (χ1) is 18.3. The molecular formula is C26H32F3N3O6S. The van der Waals surface area contributed by atoms with Crippen molar-refractivity contribution in [2.45, 2.75) is 64.0 Å². The Morgan fingerprint density at radius 2 is 1.92 bits per heavy atom. The fourth-order valence-electron chi connectivity index (χ4n) is 4.28. The van der Waals surface area contributed by atoms with E-state index in [-0.39, 0.29) is 49.1 Å². The summed E-state index contributed by atoms with van der Waals surface area (Å²) in [5.41, 5.74) is -1.58. The lowest BCUT2D eigenvalue weighted by atomic mass is 9.95. The van der Waals surface area contributed by atoms with Gasteiger partial charge in [-0.05, 0) is 36.5 Å². The Labute approximate surface area is 227 Å². The van der Waals surface area contributed by atoms with Crippen LogP contribution in [0.25, 0.3) is 0 Å². The zero-order chi connectivity index (χ0) is 28.4. The van der Waals surface area contributed by atoms with Crippen molar-refractivity contribution in [1.82, 2.24) is 9.47 Å². The Morgan fingerprint density at radius 3 is 2.56 bits per heavy atom. The van der Waals surface area contributed by atoms with Gasteiger partial charge in [0.05, 0.1) is 36.9 Å². The summed E-state index contributed by atoms with van der Waals surface area (Å²) in [5.74, 6) is -0.970. The molecule has 2 fully saturated rings. The molecule has 2 saturated heterocycles. The van der Waals surface area contributed by atoms with Gasteiger partial charge < -0.3 is 28.8 Å². The SMILES string of the molecule is CC(C)(C)c1cn(C[C@H]2CCCO2)/c(=N/C(=O)c2cc(C(F)(F)F)ccc2OC[C@@H]2CN(C(=O)O)CCO2)s1. The molecule has 1 aromatic carbocycles. The number of hydrogen-bond donors (Lipinski definition) is 1. The maximum Gasteiger partial charge on any atom is 0.416 e. The highest BCUT2D eigenvalue weighted by molar-refractivity contribution is 7.09. The van der Waals surface area contributed by atoms with Crippen LogP contribution in [-0.4, -0.2) is 71.7 Å². The molecule has 13 heteroatoms. The predicted molar refractivity (Wildman–Crippen MR) is 136 cm³/mol. The Balaban J connectivity index is 1.65. The minimum Gasteiger partial charge on any atom is -0.490 e. The Hall–Kier alpha value is -2.90. The number of benzene rings is 1. The highest BCUT2D eigenvalue weighted by Crippen LogP contribution is 2.33. The van der Waals surface area contributed by atoms with Crippen molar-refractivity contribution in [3.8, 4) is 5.75 Å². The van der Waals surface area contributed by atoms with Gasteiger partial charge >= 0.3 is 12.3 Å². The lowest BCUT2D eigenvalue weighted by Gasteiger charge is -2.30. The topological polar surface area (TPSA) is 103 Å². The van der Waals surface area contributed by atoms with Crippen LogP contribution in [0.4, 0.5) is 18.0 Å². The summed E-state index contributed by atoms with van der Waals surface area (Å²) in [4.78, 5) is 31.4. The van der Waals surface area contributed by atoms with Gasteiger partial charge in [-0.1, -0.05) is 20.8 Å². The molecule has 2 aliphatic rings. The van der Waals surface area contributed by atoms with Crippen LogP contribution in [0.3, 0.4) is 0 Å². The third-order valence-corrected chi connectivity index (χ3v) is 7.90. The van der Waals surface area contributed by atoms with Crippen molar-refractivity contribution in [2.75, 3.05) is 32.9 Å². The van der Waals surface area contributed by atoms with E-state index in [1.54, 1.807) is 0 Å². The largest absolute Gasteiger partial charge is 0.490 e. The molecule has 2 aromatic rings. The maximum atomic E-state index is 13.5. The molecule has 0 aliphatic carbocycles. The lowest BCUT2D eigenvalue weighted by Crippen LogP contribution is -2.47. The van der Waals surface area contributed by atoms with E-state index in [9.17, 15) is 27.9 Å². The molecule has 39 heavy (non-hydrogen) atoms. The number of carbonyl (C=O) groups is 2. The number of alkyl halides is 3. The van der Waals surface area contributed by atoms with Crippen molar-refractivity contribution in [3.05, 3.63) is 45.2 Å². The van der Waals surface area contributed by atoms with Crippen LogP contribution in [0.2, 0.25) is 0 Å². The summed E-state index contributed by atoms with van der Waals surface area (Å²) < 4.78 is 59.4. The number of carbonyl (C=O) groups excluding carboxylic acids is 1. The molecule has 214 valence electrons. The fourth-order valence-corrected chi connectivity index (χ4v) is 5.33. The van der Waals surface area contributed by atoms with Crippen molar-refractivity contribution in [2.24, 2.45) is 4.99 Å². The van der Waals surface area contributed by atoms with Gasteiger partial charge in [-0.3, -0.25) is 4.79 Å². The normalized spacial score (nSPS) is 20.9. The number of halogens is 3. The minimum absolute atomic E-state index is 0.0326. The molecule has 1 aromatic heterocycles. The summed E-state index contributed by atoms with van der Waals surface area (Å²) >= 11 is 1.30. The van der Waals surface area contributed by atoms with Gasteiger partial charge in [0.1, 0.15) is 18.5 Å². The quantitative estimate of drug-likeness (QED) is 0.546. The second-order valence-electron chi connectivity index (χ2n) is 10.6. The maximum absolute atomic E-state index is 13.5. The van der Waals surface area contributed by atoms with E-state index < -0.39 is 29.8 Å². The summed E-state index contributed by atoms with van der Waals surface area (Å²) in [6.45, 7) is 7.47. The van der Waals surface area contributed by atoms with E-state index in [1.165, 1.54) is 16.2 Å². The first-order valence-corrected chi connectivity index (χ1v) is 13.5. The highest BCUT2D eigenvalue weighted by atomic mass is 32.1. The van der Waals surface area contributed by atoms with Crippen LogP contribution in [0, 0.1) is 0 Å². The molecule has 0 bridgehead atoms. The summed E-state index contributed by atoms with van der Waals surface area (Å²) in [6, 6.07) is 2.64. The molecule has 0 saturated carbocycles. The van der Waals surface area contributed by atoms with Gasteiger partial charge in [0.2, 0.25) is 0 Å². The van der Waals surface area contributed by atoms with Crippen LogP contribution in [0.5, 0.6) is 5.75 Å². The zero-order valence-electron chi connectivity index (χ0n) is 22.0. The van der Waals surface area contributed by atoms with Gasteiger partial charge in [-0.2, -0.15) is 18.2 Å². The summed E-state index contributed by atoms with van der Waals surface area (Å²) in [5, 5.41) is 9.23. The highest BCUT2D eigenvalue weighted by Gasteiger charge is 2.33. The average Bonchev–Trinajstić information content (AvgIpc) is 3.52. The smallest absolute Gasteiger partial charge is 0.416 e. The number of ether oxygens (including phenoxy) is 3. The number of nitrogens with zero attached hydrogens (tertiary/aromatic N) is 3. The first-order valence-electron chi connectivity index (χ1n) is 12.7. The van der Waals surface area contributed by atoms with E-state index in [4.69, 9.17) is 14.2 Å². The second-order valence-corrected chi connectivity index (χ2v) is 11.6. The van der Waals surface area contributed by atoms with Crippen molar-refractivity contribution in [3.63, 3.8) is 0 Å². The lowest BCUT2D eigenvalue weighted by molar-refractivity contribution is -0.137. The van der Waals surface area contributed by atoms with Crippen molar-refractivity contribution < 1.29 is 42.1 Å². The van der Waals surface area contributed by atoms with Crippen LogP contribution in [0.1, 0.15) is 54.4 Å². The van der Waals surface area contributed by atoms with Crippen LogP contribution < -0.4 is 9.54 Å². The van der Waals surface area contributed by atoms with E-state index in [2.05, 4.69) is 4.99 Å². The number of carboxylic acid groups (broad SMARTS) is 1. The molecule has 3 heterocycles. The molecule has 0 unspecified atom stereocenters. The molecular weight excluding hydrogens is 539 g/mol. The number of aromatic nitrogens is 1. The fraction of sp³-hybridized carbons (Fsp3) is 0.577. The number of rotatable bonds is 6. The number of morpholine rings is 1. The monoisotopic (exact) mass is 571 g/mol. The minimum atomic E-state index is -4.68. The molecule has 0 spiro atoms. The molecule has 4 rings (SSSR count). The third-order valence-electron chi connectivity index (χ3n) is 6.45. The zero-order valence-corrected chi connectivity index (χ0v) is 22.8. The average molecular weight is 572 g/mol. The predicted octanol–water partition coefficient (Wildman–Crippen LogP) is 4.54. The van der Waals surface area contributed by atoms with Crippen LogP contribution >= 0.6 is 11.3 Å². The molecule has 9 nitrogen and oxygen atoms in total. The van der Waals surface area contributed by atoms with Crippen molar-refractivity contribution in [1.29, 1.82) is 0 Å². The van der Waals surface area contributed by atoms with E-state index in [1.807, 2.05) is 31.5 Å². The first kappa shape index (κ1) is 29.1. The third kappa shape index (κ3) is 7.40. The number of amides is 2. The standard InChI is InChI=1S/C26H32F3N3O6S/c1-25(2,3)21-14-32(12-17-5-4-9-36-17)23(39-21)30-22(33)19-11-16(26(27,28)29)6-7-20(19)38-15-18-13-31(24(34)35)8-10-37-18/h6-7,11,14,17-18H,4-5,8-10,12-13,15H2,1-3H3,(H,34,35)/b30-23-/t17-,18+/m1/s1. The molecule has 2 atom stereocenters. The summed E-state index contributed by atoms with van der Waals surface area (Å²) in [7, 11) is 0. The van der Waals surface area contributed by atoms with Gasteiger partial charge in [-0.15, -0.1) is 11.3 Å². The second kappa shape index (κ2) is 11.7. The Kier molecular flexibility index (Phi) is 8.72. The van der Waals surface area contributed by atoms with Crippen molar-refractivity contribution >= 4 is 23.3 Å². The van der Waals surface area contributed by atoms with Gasteiger partial charge in [0.25, 0.3) is 5.91 Å². The molecule has 1 N–H and O–H groups in total. The van der Waals surface area contributed by atoms with Gasteiger partial charge in [0.15, 0.2) is 4.80 Å². The summed E-state index contributed by atoms with van der Waals surface area (Å²) in [6.07, 6.45) is -2.73. The van der Waals surface area contributed by atoms with E-state index >= 15 is 0 Å². The Morgan fingerprint density at radius 1 is 1.18 bits per heavy atom. The van der Waals surface area contributed by atoms with E-state index in [0.29, 0.717) is 18.0 Å². The number of thiazole rings is 1. The van der Waals surface area contributed by atoms with Crippen LogP contribution in [0.15, 0.2) is 29.4 Å². The molecule has 2 amide bonds. The van der Waals surface area contributed by atoms with Gasteiger partial charge in [0, 0.05) is 24.2 Å². The van der Waals surface area contributed by atoms with E-state index in [0.717, 1.165) is 35.9 Å². The number of hydrogen-bond acceptors (Lipinski definition) is 6. The molecule has 0 radical (unpaired) electrons. The van der Waals surface area contributed by atoms with Crippen LogP contribution in [-0.2, 0) is 27.6 Å². The molecule has 2 aliphatic heterocycles.